The molecule has 6 heteroatoms. The molecule has 0 fully saturated rings. The lowest BCUT2D eigenvalue weighted by Gasteiger charge is -2.36. The Morgan fingerprint density at radius 3 is 2.18 bits per heavy atom. The summed E-state index contributed by atoms with van der Waals surface area (Å²) < 4.78 is 5.18. The highest BCUT2D eigenvalue weighted by molar-refractivity contribution is 6.13. The molecule has 0 amide bonds. The lowest BCUT2D eigenvalue weighted by Crippen LogP contribution is -2.47. The molecule has 0 aromatic carbocycles. The van der Waals surface area contributed by atoms with Gasteiger partial charge in [0, 0.05) is 0 Å². The van der Waals surface area contributed by atoms with Crippen molar-refractivity contribution in [2.45, 2.75) is 44.8 Å². The minimum Gasteiger partial charge on any atom is -0.429 e. The molecule has 5 nitrogen and oxygen atoms in total. The summed E-state index contributed by atoms with van der Waals surface area (Å²) >= 11 is 0. The molecule has 0 aromatic heterocycles. The first kappa shape index (κ1) is 16.6. The fourth-order valence-corrected chi connectivity index (χ4v) is 1.38. The monoisotopic (exact) mass is 245 g/mol. The van der Waals surface area contributed by atoms with Crippen LogP contribution in [0.4, 0.5) is 0 Å². The molecule has 1 heterocycles. The molecule has 1 radical (unpaired) electrons. The second-order valence-corrected chi connectivity index (χ2v) is 4.81. The maximum absolute atomic E-state index is 10.1. The van der Waals surface area contributed by atoms with Crippen LogP contribution in [-0.2, 0) is 4.74 Å². The van der Waals surface area contributed by atoms with Gasteiger partial charge in [0.2, 0.25) is 0 Å². The summed E-state index contributed by atoms with van der Waals surface area (Å²) in [4.78, 5) is 0. The van der Waals surface area contributed by atoms with Crippen molar-refractivity contribution in [2.24, 2.45) is 0 Å². The lowest BCUT2D eigenvalue weighted by molar-refractivity contribution is -0.119. The first-order valence-corrected chi connectivity index (χ1v) is 5.55. The maximum atomic E-state index is 10.1. The van der Waals surface area contributed by atoms with Gasteiger partial charge in [-0.05, 0) is 33.6 Å². The normalized spacial score (nSPS) is 19.6. The van der Waals surface area contributed by atoms with Crippen molar-refractivity contribution in [1.29, 1.82) is 0 Å². The third-order valence-electron chi connectivity index (χ3n) is 2.95. The summed E-state index contributed by atoms with van der Waals surface area (Å²) in [6.07, 6.45) is 3.36. The molecule has 4 N–H and O–H groups in total. The number of hydrogen-bond acceptors (Lipinski definition) is 5. The molecule has 0 aliphatic carbocycles. The summed E-state index contributed by atoms with van der Waals surface area (Å²) in [7, 11) is 0. The van der Waals surface area contributed by atoms with Crippen molar-refractivity contribution in [3.05, 3.63) is 11.6 Å². The molecule has 1 aliphatic heterocycles. The zero-order valence-electron chi connectivity index (χ0n) is 10.7. The van der Waals surface area contributed by atoms with Gasteiger partial charge in [0.05, 0.1) is 24.4 Å². The van der Waals surface area contributed by atoms with Crippen molar-refractivity contribution < 1.29 is 25.0 Å². The molecule has 1 rings (SSSR count). The average molecular weight is 245 g/mol. The number of hydrogen-bond donors (Lipinski definition) is 4. The van der Waals surface area contributed by atoms with Crippen molar-refractivity contribution in [2.75, 3.05) is 13.2 Å². The molecule has 0 spiro atoms. The van der Waals surface area contributed by atoms with E-state index in [0.717, 1.165) is 6.42 Å². The largest absolute Gasteiger partial charge is 0.482 e. The Morgan fingerprint density at radius 2 is 1.82 bits per heavy atom. The third-order valence-corrected chi connectivity index (χ3v) is 2.95. The highest BCUT2D eigenvalue weighted by Crippen LogP contribution is 2.29. The number of aliphatic hydroxyl groups is 2. The van der Waals surface area contributed by atoms with E-state index in [1.54, 1.807) is 20.8 Å². The molecule has 0 saturated heterocycles. The summed E-state index contributed by atoms with van der Waals surface area (Å²) in [6, 6.07) is 0. The summed E-state index contributed by atoms with van der Waals surface area (Å²) in [5, 5.41) is 33.8. The van der Waals surface area contributed by atoms with Gasteiger partial charge in [-0.15, -0.1) is 0 Å². The minimum absolute atomic E-state index is 0. The Labute approximate surface area is 103 Å². The molecule has 17 heavy (non-hydrogen) atoms. The Kier molecular flexibility index (Phi) is 6.97. The van der Waals surface area contributed by atoms with Crippen LogP contribution in [0, 0.1) is 0 Å². The fourth-order valence-electron chi connectivity index (χ4n) is 1.38. The van der Waals surface area contributed by atoms with E-state index in [1.807, 2.05) is 6.08 Å². The highest BCUT2D eigenvalue weighted by atomic mass is 16.5. The lowest BCUT2D eigenvalue weighted by atomic mass is 9.81. The van der Waals surface area contributed by atoms with Crippen LogP contribution in [0.25, 0.3) is 0 Å². The van der Waals surface area contributed by atoms with E-state index in [4.69, 9.17) is 14.8 Å². The second kappa shape index (κ2) is 7.13. The van der Waals surface area contributed by atoms with E-state index >= 15 is 0 Å². The van der Waals surface area contributed by atoms with Gasteiger partial charge in [0.1, 0.15) is 0 Å². The van der Waals surface area contributed by atoms with Gasteiger partial charge in [0.15, 0.2) is 0 Å². The van der Waals surface area contributed by atoms with E-state index in [-0.39, 0.29) is 7.69 Å². The Balaban J connectivity index is 0.000000770. The zero-order chi connectivity index (χ0) is 13.5. The van der Waals surface area contributed by atoms with Crippen molar-refractivity contribution in [1.82, 2.24) is 0 Å². The van der Waals surface area contributed by atoms with Crippen LogP contribution in [0.5, 0.6) is 0 Å². The minimum atomic E-state index is -1.08. The first-order chi connectivity index (χ1) is 7.74. The van der Waals surface area contributed by atoms with E-state index in [2.05, 4.69) is 0 Å². The Morgan fingerprint density at radius 1 is 1.29 bits per heavy atom. The molecule has 1 atom stereocenters. The summed E-state index contributed by atoms with van der Waals surface area (Å²) in [6.45, 7) is 6.27. The van der Waals surface area contributed by atoms with E-state index in [0.29, 0.717) is 19.6 Å². The van der Waals surface area contributed by atoms with E-state index in [1.165, 1.54) is 5.57 Å². The van der Waals surface area contributed by atoms with Crippen LogP contribution in [0.3, 0.4) is 0 Å². The van der Waals surface area contributed by atoms with Crippen molar-refractivity contribution in [3.63, 3.8) is 0 Å². The van der Waals surface area contributed by atoms with Crippen LogP contribution in [0.2, 0.25) is 0 Å². The van der Waals surface area contributed by atoms with Gasteiger partial charge < -0.3 is 25.0 Å². The van der Waals surface area contributed by atoms with Crippen LogP contribution in [0.15, 0.2) is 11.6 Å². The molecule has 1 unspecified atom stereocenters. The quantitative estimate of drug-likeness (QED) is 0.406. The third kappa shape index (κ3) is 6.19. The van der Waals surface area contributed by atoms with Crippen molar-refractivity contribution in [3.8, 4) is 0 Å². The Bertz CT molecular complexity index is 245. The van der Waals surface area contributed by atoms with Crippen LogP contribution < -0.4 is 0 Å². The predicted molar refractivity (Wildman–Crippen MR) is 65.2 cm³/mol. The van der Waals surface area contributed by atoms with Gasteiger partial charge in [-0.2, -0.15) is 0 Å². The zero-order valence-corrected chi connectivity index (χ0v) is 10.7. The van der Waals surface area contributed by atoms with E-state index in [9.17, 15) is 10.2 Å². The molecular formula is C11H22BO5. The molecule has 99 valence electrons. The SMILES string of the molecule is CC(C)(O)C(C)(O)CC1=CCOCC1.O[B]O. The molecule has 0 saturated carbocycles. The number of ether oxygens (including phenoxy) is 1. The topological polar surface area (TPSA) is 90.2 Å². The average Bonchev–Trinajstić information content (AvgIpc) is 2.17. The van der Waals surface area contributed by atoms with Gasteiger partial charge >= 0.3 is 7.69 Å². The van der Waals surface area contributed by atoms with Gasteiger partial charge in [-0.3, -0.25) is 0 Å². The standard InChI is InChI=1S/C11H20O3.BH2O2/c1-10(2,12)11(3,13)8-9-4-6-14-7-5-9;2-1-3/h4,12-13H,5-8H2,1-3H3;2-3H. The van der Waals surface area contributed by atoms with Crippen molar-refractivity contribution >= 4 is 7.69 Å². The second-order valence-electron chi connectivity index (χ2n) is 4.81. The molecule has 1 aliphatic rings. The van der Waals surface area contributed by atoms with Crippen LogP contribution in [-0.4, -0.2) is 52.4 Å². The number of rotatable bonds is 3. The smallest absolute Gasteiger partial charge is 0.429 e. The molecule has 0 bridgehead atoms. The summed E-state index contributed by atoms with van der Waals surface area (Å²) in [5.41, 5.74) is -0.981. The van der Waals surface area contributed by atoms with Gasteiger partial charge in [-0.25, -0.2) is 0 Å². The molecular weight excluding hydrogens is 223 g/mol. The van der Waals surface area contributed by atoms with Gasteiger partial charge in [0.25, 0.3) is 0 Å². The van der Waals surface area contributed by atoms with Gasteiger partial charge in [-0.1, -0.05) is 11.6 Å². The first-order valence-electron chi connectivity index (χ1n) is 5.55. The molecule has 0 aromatic rings. The highest BCUT2D eigenvalue weighted by Gasteiger charge is 2.37. The van der Waals surface area contributed by atoms with E-state index < -0.39 is 11.2 Å². The predicted octanol–water partition coefficient (Wildman–Crippen LogP) is -0.250. The van der Waals surface area contributed by atoms with Crippen LogP contribution in [0.1, 0.15) is 33.6 Å². The maximum Gasteiger partial charge on any atom is 0.482 e. The van der Waals surface area contributed by atoms with Crippen LogP contribution >= 0.6 is 0 Å². The Hall–Kier alpha value is -0.395. The summed E-state index contributed by atoms with van der Waals surface area (Å²) in [5.74, 6) is 0. The fraction of sp³-hybridized carbons (Fsp3) is 0.818.